The van der Waals surface area contributed by atoms with Crippen LogP contribution in [0.4, 0.5) is 4.79 Å². The Morgan fingerprint density at radius 2 is 1.97 bits per heavy atom. The Kier molecular flexibility index (Phi) is 7.21. The zero-order chi connectivity index (χ0) is 20.6. The molecule has 0 radical (unpaired) electrons. The van der Waals surface area contributed by atoms with Gasteiger partial charge in [-0.15, -0.1) is 0 Å². The van der Waals surface area contributed by atoms with E-state index in [1.165, 1.54) is 44.1 Å². The molecule has 0 spiro atoms. The number of benzene rings is 1. The summed E-state index contributed by atoms with van der Waals surface area (Å²) in [6, 6.07) is 7.97. The van der Waals surface area contributed by atoms with E-state index in [0.29, 0.717) is 18.3 Å². The standard InChI is InChI=1S/C21H29N5O3/c1-2-3-4-5-6-7-8-15-9-11-16(12-10-15)18-23-19(29-25-18)17-13-14-26(17)20(22)24-21(27)28/h9-12,17H,2-8,13-14H2,1H3,(H2,22,24)(H,27,28). The van der Waals surface area contributed by atoms with Gasteiger partial charge in [0.2, 0.25) is 17.7 Å². The van der Waals surface area contributed by atoms with E-state index in [-0.39, 0.29) is 12.0 Å². The van der Waals surface area contributed by atoms with Crippen LogP contribution in [0.3, 0.4) is 0 Å². The van der Waals surface area contributed by atoms with Crippen LogP contribution in [0, 0.1) is 5.41 Å². The van der Waals surface area contributed by atoms with E-state index in [9.17, 15) is 4.79 Å². The number of guanidine groups is 1. The van der Waals surface area contributed by atoms with E-state index in [0.717, 1.165) is 18.4 Å². The second kappa shape index (κ2) is 10.0. The summed E-state index contributed by atoms with van der Waals surface area (Å²) in [7, 11) is 0. The number of carbonyl (C=O) groups is 1. The highest BCUT2D eigenvalue weighted by atomic mass is 16.5. The van der Waals surface area contributed by atoms with Crippen LogP contribution in [0.5, 0.6) is 0 Å². The molecule has 1 amide bonds. The largest absolute Gasteiger partial charge is 0.465 e. The molecule has 1 aliphatic heterocycles. The highest BCUT2D eigenvalue weighted by molar-refractivity contribution is 5.91. The van der Waals surface area contributed by atoms with Crippen molar-refractivity contribution < 1.29 is 14.4 Å². The molecule has 1 saturated heterocycles. The summed E-state index contributed by atoms with van der Waals surface area (Å²) in [6.45, 7) is 2.81. The number of amides is 1. The van der Waals surface area contributed by atoms with Gasteiger partial charge in [-0.3, -0.25) is 10.7 Å². The normalized spacial score (nSPS) is 15.8. The van der Waals surface area contributed by atoms with Crippen molar-refractivity contribution in [3.8, 4) is 11.4 Å². The lowest BCUT2D eigenvalue weighted by Gasteiger charge is -2.39. The summed E-state index contributed by atoms with van der Waals surface area (Å²) in [4.78, 5) is 16.8. The topological polar surface area (TPSA) is 115 Å². The van der Waals surface area contributed by atoms with Crippen LogP contribution >= 0.6 is 0 Å². The highest BCUT2D eigenvalue weighted by Crippen LogP contribution is 2.33. The molecule has 3 rings (SSSR count). The molecular formula is C21H29N5O3. The van der Waals surface area contributed by atoms with Gasteiger partial charge in [0.25, 0.3) is 0 Å². The van der Waals surface area contributed by atoms with Crippen molar-refractivity contribution in [2.24, 2.45) is 0 Å². The monoisotopic (exact) mass is 399 g/mol. The molecule has 1 aliphatic rings. The van der Waals surface area contributed by atoms with Gasteiger partial charge in [0.1, 0.15) is 6.04 Å². The maximum atomic E-state index is 10.7. The van der Waals surface area contributed by atoms with Gasteiger partial charge in [-0.05, 0) is 24.8 Å². The van der Waals surface area contributed by atoms with Crippen molar-refractivity contribution in [2.45, 2.75) is 64.3 Å². The smallest absolute Gasteiger partial charge is 0.411 e. The Balaban J connectivity index is 1.52. The van der Waals surface area contributed by atoms with Crippen LogP contribution in [-0.4, -0.2) is 38.7 Å². The molecule has 1 fully saturated rings. The van der Waals surface area contributed by atoms with Gasteiger partial charge in [0.15, 0.2) is 0 Å². The Labute approximate surface area is 170 Å². The first-order valence-corrected chi connectivity index (χ1v) is 10.4. The molecule has 8 heteroatoms. The summed E-state index contributed by atoms with van der Waals surface area (Å²) in [6.07, 6.45) is 8.31. The number of likely N-dealkylation sites (tertiary alicyclic amines) is 1. The maximum absolute atomic E-state index is 10.7. The third-order valence-electron chi connectivity index (χ3n) is 5.29. The van der Waals surface area contributed by atoms with Gasteiger partial charge in [0.05, 0.1) is 0 Å². The molecule has 29 heavy (non-hydrogen) atoms. The lowest BCUT2D eigenvalue weighted by atomic mass is 10.0. The Morgan fingerprint density at radius 3 is 2.62 bits per heavy atom. The van der Waals surface area contributed by atoms with Crippen LogP contribution in [0.15, 0.2) is 28.8 Å². The van der Waals surface area contributed by atoms with Gasteiger partial charge in [-0.1, -0.05) is 68.4 Å². The molecule has 0 aliphatic carbocycles. The minimum atomic E-state index is -1.26. The van der Waals surface area contributed by atoms with Crippen molar-refractivity contribution in [3.63, 3.8) is 0 Å². The number of nitrogens with one attached hydrogen (secondary N) is 2. The second-order valence-electron chi connectivity index (χ2n) is 7.45. The van der Waals surface area contributed by atoms with Gasteiger partial charge < -0.3 is 14.5 Å². The SMILES string of the molecule is CCCCCCCCc1ccc(-c2noc(C3CCN3C(=N)NC(=O)O)n2)cc1. The summed E-state index contributed by atoms with van der Waals surface area (Å²) in [5.41, 5.74) is 2.20. The van der Waals surface area contributed by atoms with Crippen LogP contribution in [0.25, 0.3) is 11.4 Å². The van der Waals surface area contributed by atoms with Gasteiger partial charge in [0, 0.05) is 12.1 Å². The molecule has 156 valence electrons. The number of hydrogen-bond donors (Lipinski definition) is 3. The van der Waals surface area contributed by atoms with E-state index in [1.807, 2.05) is 12.1 Å². The molecule has 0 bridgehead atoms. The van der Waals surface area contributed by atoms with Crippen molar-refractivity contribution in [1.82, 2.24) is 20.4 Å². The molecule has 8 nitrogen and oxygen atoms in total. The summed E-state index contributed by atoms with van der Waals surface area (Å²) in [5, 5.41) is 22.7. The average molecular weight is 399 g/mol. The number of hydrogen-bond acceptors (Lipinski definition) is 5. The van der Waals surface area contributed by atoms with Gasteiger partial charge >= 0.3 is 6.09 Å². The number of aryl methyl sites for hydroxylation is 1. The molecule has 0 saturated carbocycles. The molecule has 1 atom stereocenters. The number of carboxylic acid groups (broad SMARTS) is 1. The predicted molar refractivity (Wildman–Crippen MR) is 110 cm³/mol. The Hall–Kier alpha value is -2.90. The van der Waals surface area contributed by atoms with Crippen LogP contribution < -0.4 is 5.32 Å². The molecule has 1 unspecified atom stereocenters. The second-order valence-corrected chi connectivity index (χ2v) is 7.45. The number of nitrogens with zero attached hydrogens (tertiary/aromatic N) is 3. The first kappa shape index (κ1) is 20.8. The highest BCUT2D eigenvalue weighted by Gasteiger charge is 2.36. The summed E-state index contributed by atoms with van der Waals surface area (Å²) in [5.74, 6) is 0.739. The number of aromatic nitrogens is 2. The molecular weight excluding hydrogens is 370 g/mol. The summed E-state index contributed by atoms with van der Waals surface area (Å²) >= 11 is 0. The van der Waals surface area contributed by atoms with Gasteiger partial charge in [-0.2, -0.15) is 4.98 Å². The quantitative estimate of drug-likeness (QED) is 0.323. The third-order valence-corrected chi connectivity index (χ3v) is 5.29. The Bertz CT molecular complexity index is 818. The van der Waals surface area contributed by atoms with Crippen LogP contribution in [-0.2, 0) is 6.42 Å². The Morgan fingerprint density at radius 1 is 1.24 bits per heavy atom. The van der Waals surface area contributed by atoms with Gasteiger partial charge in [-0.25, -0.2) is 4.79 Å². The molecule has 1 aromatic heterocycles. The molecule has 1 aromatic carbocycles. The van der Waals surface area contributed by atoms with E-state index >= 15 is 0 Å². The van der Waals surface area contributed by atoms with Crippen LogP contribution in [0.2, 0.25) is 0 Å². The molecule has 2 heterocycles. The molecule has 3 N–H and O–H groups in total. The lowest BCUT2D eigenvalue weighted by molar-refractivity contribution is 0.136. The van der Waals surface area contributed by atoms with Crippen molar-refractivity contribution in [3.05, 3.63) is 35.7 Å². The minimum absolute atomic E-state index is 0.174. The zero-order valence-corrected chi connectivity index (χ0v) is 16.9. The number of unbranched alkanes of at least 4 members (excludes halogenated alkanes) is 5. The fraction of sp³-hybridized carbons (Fsp3) is 0.524. The number of rotatable bonds is 9. The summed E-state index contributed by atoms with van der Waals surface area (Å²) < 4.78 is 5.38. The van der Waals surface area contributed by atoms with E-state index in [1.54, 1.807) is 4.90 Å². The predicted octanol–water partition coefficient (Wildman–Crippen LogP) is 4.59. The first-order chi connectivity index (χ1) is 14.1. The van der Waals surface area contributed by atoms with Crippen molar-refractivity contribution in [2.75, 3.05) is 6.54 Å². The third kappa shape index (κ3) is 5.56. The average Bonchev–Trinajstić information content (AvgIpc) is 3.12. The van der Waals surface area contributed by atoms with Crippen molar-refractivity contribution >= 4 is 12.1 Å². The van der Waals surface area contributed by atoms with E-state index < -0.39 is 6.09 Å². The fourth-order valence-electron chi connectivity index (χ4n) is 3.50. The zero-order valence-electron chi connectivity index (χ0n) is 16.9. The minimum Gasteiger partial charge on any atom is -0.465 e. The van der Waals surface area contributed by atoms with E-state index in [4.69, 9.17) is 15.0 Å². The van der Waals surface area contributed by atoms with E-state index in [2.05, 4.69) is 34.5 Å². The first-order valence-electron chi connectivity index (χ1n) is 10.4. The van der Waals surface area contributed by atoms with Crippen LogP contribution in [0.1, 0.15) is 69.4 Å². The lowest BCUT2D eigenvalue weighted by Crippen LogP contribution is -2.51. The fourth-order valence-corrected chi connectivity index (χ4v) is 3.50. The molecule has 2 aromatic rings. The van der Waals surface area contributed by atoms with Crippen molar-refractivity contribution in [1.29, 1.82) is 5.41 Å². The maximum Gasteiger partial charge on any atom is 0.411 e.